The molecule has 0 spiro atoms. The molecule has 0 aromatic carbocycles. The first-order chi connectivity index (χ1) is 8.67. The van der Waals surface area contributed by atoms with Crippen molar-refractivity contribution in [2.24, 2.45) is 0 Å². The summed E-state index contributed by atoms with van der Waals surface area (Å²) in [4.78, 5) is 15.4. The second kappa shape index (κ2) is 7.66. The quantitative estimate of drug-likeness (QED) is 0.589. The number of nitrogens with one attached hydrogen (secondary N) is 1. The van der Waals surface area contributed by atoms with Crippen LogP contribution >= 0.6 is 0 Å². The maximum Gasteiger partial charge on any atom is 0.346 e. The second-order valence-corrected chi connectivity index (χ2v) is 3.95. The average Bonchev–Trinajstić information content (AvgIpc) is 2.40. The summed E-state index contributed by atoms with van der Waals surface area (Å²) in [6, 6.07) is 3.68. The monoisotopic (exact) mass is 252 g/mol. The van der Waals surface area contributed by atoms with Crippen molar-refractivity contribution in [3.05, 3.63) is 24.0 Å². The van der Waals surface area contributed by atoms with E-state index in [0.29, 0.717) is 5.75 Å². The van der Waals surface area contributed by atoms with Crippen molar-refractivity contribution in [1.29, 1.82) is 0 Å². The Balaban J connectivity index is 2.47. The molecule has 0 saturated carbocycles. The maximum absolute atomic E-state index is 11.2. The van der Waals surface area contributed by atoms with Gasteiger partial charge in [0.25, 0.3) is 0 Å². The fourth-order valence-electron chi connectivity index (χ4n) is 1.40. The minimum absolute atomic E-state index is 0.399. The van der Waals surface area contributed by atoms with Crippen molar-refractivity contribution >= 4 is 5.97 Å². The first kappa shape index (κ1) is 14.4. The van der Waals surface area contributed by atoms with Crippen LogP contribution in [0.15, 0.2) is 18.3 Å². The number of ether oxygens (including phenoxy) is 2. The van der Waals surface area contributed by atoms with Crippen LogP contribution in [0.4, 0.5) is 0 Å². The van der Waals surface area contributed by atoms with Crippen LogP contribution in [0.3, 0.4) is 0 Å². The minimum atomic E-state index is -0.624. The van der Waals surface area contributed by atoms with Gasteiger partial charge in [0.15, 0.2) is 6.10 Å². The SMILES string of the molecule is CCCNCc1ccc(OC(C)C(=O)OC)cn1. The minimum Gasteiger partial charge on any atom is -0.477 e. The van der Waals surface area contributed by atoms with E-state index in [9.17, 15) is 4.79 Å². The molecule has 1 aromatic heterocycles. The molecule has 1 rings (SSSR count). The van der Waals surface area contributed by atoms with E-state index in [2.05, 4.69) is 22.0 Å². The van der Waals surface area contributed by atoms with Gasteiger partial charge in [-0.3, -0.25) is 4.98 Å². The zero-order valence-corrected chi connectivity index (χ0v) is 11.1. The van der Waals surface area contributed by atoms with E-state index in [4.69, 9.17) is 4.74 Å². The molecule has 0 aliphatic rings. The van der Waals surface area contributed by atoms with Crippen LogP contribution in [-0.2, 0) is 16.1 Å². The lowest BCUT2D eigenvalue weighted by Crippen LogP contribution is -2.25. The Labute approximate surface area is 108 Å². The Kier molecular flexibility index (Phi) is 6.14. The third-order valence-electron chi connectivity index (χ3n) is 2.38. The lowest BCUT2D eigenvalue weighted by Gasteiger charge is -2.12. The normalized spacial score (nSPS) is 11.9. The zero-order chi connectivity index (χ0) is 13.4. The first-order valence-electron chi connectivity index (χ1n) is 6.07. The van der Waals surface area contributed by atoms with Crippen LogP contribution in [0.2, 0.25) is 0 Å². The highest BCUT2D eigenvalue weighted by atomic mass is 16.6. The average molecular weight is 252 g/mol. The number of aromatic nitrogens is 1. The molecule has 5 heteroatoms. The van der Waals surface area contributed by atoms with Crippen molar-refractivity contribution in [2.45, 2.75) is 32.9 Å². The molecule has 0 amide bonds. The highest BCUT2D eigenvalue weighted by Gasteiger charge is 2.14. The van der Waals surface area contributed by atoms with E-state index in [-0.39, 0.29) is 0 Å². The fraction of sp³-hybridized carbons (Fsp3) is 0.538. The predicted octanol–water partition coefficient (Wildman–Crippen LogP) is 1.52. The smallest absolute Gasteiger partial charge is 0.346 e. The van der Waals surface area contributed by atoms with Crippen molar-refractivity contribution in [3.63, 3.8) is 0 Å². The topological polar surface area (TPSA) is 60.5 Å². The number of hydrogen-bond acceptors (Lipinski definition) is 5. The molecule has 0 aliphatic heterocycles. The summed E-state index contributed by atoms with van der Waals surface area (Å²) >= 11 is 0. The van der Waals surface area contributed by atoms with E-state index < -0.39 is 12.1 Å². The van der Waals surface area contributed by atoms with Crippen LogP contribution in [0.5, 0.6) is 5.75 Å². The number of carbonyl (C=O) groups is 1. The molecular weight excluding hydrogens is 232 g/mol. The zero-order valence-electron chi connectivity index (χ0n) is 11.1. The lowest BCUT2D eigenvalue weighted by molar-refractivity contribution is -0.147. The van der Waals surface area contributed by atoms with Gasteiger partial charge in [-0.15, -0.1) is 0 Å². The van der Waals surface area contributed by atoms with Crippen LogP contribution in [0.25, 0.3) is 0 Å². The molecule has 1 N–H and O–H groups in total. The first-order valence-corrected chi connectivity index (χ1v) is 6.07. The Morgan fingerprint density at radius 3 is 2.83 bits per heavy atom. The van der Waals surface area contributed by atoms with Gasteiger partial charge < -0.3 is 14.8 Å². The van der Waals surface area contributed by atoms with Gasteiger partial charge in [-0.1, -0.05) is 6.92 Å². The maximum atomic E-state index is 11.2. The third-order valence-corrected chi connectivity index (χ3v) is 2.38. The van der Waals surface area contributed by atoms with E-state index >= 15 is 0 Å². The van der Waals surface area contributed by atoms with Crippen molar-refractivity contribution in [1.82, 2.24) is 10.3 Å². The molecule has 1 unspecified atom stereocenters. The summed E-state index contributed by atoms with van der Waals surface area (Å²) in [7, 11) is 1.34. The van der Waals surface area contributed by atoms with Gasteiger partial charge in [-0.2, -0.15) is 0 Å². The number of rotatable bonds is 7. The van der Waals surface area contributed by atoms with Crippen LogP contribution < -0.4 is 10.1 Å². The van der Waals surface area contributed by atoms with Gasteiger partial charge >= 0.3 is 5.97 Å². The van der Waals surface area contributed by atoms with E-state index in [1.165, 1.54) is 7.11 Å². The molecule has 0 bridgehead atoms. The summed E-state index contributed by atoms with van der Waals surface area (Å²) in [6.45, 7) is 5.47. The highest BCUT2D eigenvalue weighted by molar-refractivity contribution is 5.74. The van der Waals surface area contributed by atoms with E-state index in [0.717, 1.165) is 25.2 Å². The molecule has 100 valence electrons. The van der Waals surface area contributed by atoms with Crippen LogP contribution in [0, 0.1) is 0 Å². The molecular formula is C13H20N2O3. The standard InChI is InChI=1S/C13H20N2O3/c1-4-7-14-8-11-5-6-12(9-15-11)18-10(2)13(16)17-3/h5-6,9-10,14H,4,7-8H2,1-3H3. The molecule has 0 fully saturated rings. The fourth-order valence-corrected chi connectivity index (χ4v) is 1.40. The van der Waals surface area contributed by atoms with Gasteiger partial charge in [-0.05, 0) is 32.0 Å². The van der Waals surface area contributed by atoms with E-state index in [1.54, 1.807) is 19.2 Å². The Hall–Kier alpha value is -1.62. The molecule has 0 aliphatic carbocycles. The lowest BCUT2D eigenvalue weighted by atomic mass is 10.3. The molecule has 1 aromatic rings. The highest BCUT2D eigenvalue weighted by Crippen LogP contribution is 2.11. The van der Waals surface area contributed by atoms with Gasteiger partial charge in [-0.25, -0.2) is 4.79 Å². The number of nitrogens with zero attached hydrogens (tertiary/aromatic N) is 1. The molecule has 0 radical (unpaired) electrons. The summed E-state index contributed by atoms with van der Waals surface area (Å²) in [5, 5.41) is 3.26. The summed E-state index contributed by atoms with van der Waals surface area (Å²) in [6.07, 6.45) is 2.08. The largest absolute Gasteiger partial charge is 0.477 e. The molecule has 5 nitrogen and oxygen atoms in total. The summed E-state index contributed by atoms with van der Waals surface area (Å²) < 4.78 is 9.97. The second-order valence-electron chi connectivity index (χ2n) is 3.95. The van der Waals surface area contributed by atoms with Crippen molar-refractivity contribution in [3.8, 4) is 5.75 Å². The van der Waals surface area contributed by atoms with Crippen LogP contribution in [-0.4, -0.2) is 30.7 Å². The number of esters is 1. The van der Waals surface area contributed by atoms with Gasteiger partial charge in [0, 0.05) is 6.54 Å². The summed E-state index contributed by atoms with van der Waals surface area (Å²) in [5.41, 5.74) is 0.946. The van der Waals surface area contributed by atoms with Gasteiger partial charge in [0.05, 0.1) is 19.0 Å². The number of methoxy groups -OCH3 is 1. The van der Waals surface area contributed by atoms with Crippen molar-refractivity contribution in [2.75, 3.05) is 13.7 Å². The van der Waals surface area contributed by atoms with Crippen molar-refractivity contribution < 1.29 is 14.3 Å². The predicted molar refractivity (Wildman–Crippen MR) is 68.3 cm³/mol. The number of carbonyl (C=O) groups excluding carboxylic acids is 1. The Morgan fingerprint density at radius 2 is 2.28 bits per heavy atom. The molecule has 0 saturated heterocycles. The molecule has 1 heterocycles. The van der Waals surface area contributed by atoms with Gasteiger partial charge in [0.2, 0.25) is 0 Å². The van der Waals surface area contributed by atoms with Gasteiger partial charge in [0.1, 0.15) is 5.75 Å². The Morgan fingerprint density at radius 1 is 1.50 bits per heavy atom. The van der Waals surface area contributed by atoms with E-state index in [1.807, 2.05) is 6.07 Å². The summed E-state index contributed by atoms with van der Waals surface area (Å²) in [5.74, 6) is 0.163. The molecule has 18 heavy (non-hydrogen) atoms. The Bertz CT molecular complexity index is 365. The third kappa shape index (κ3) is 4.71. The molecule has 1 atom stereocenters. The number of pyridine rings is 1. The number of hydrogen-bond donors (Lipinski definition) is 1. The van der Waals surface area contributed by atoms with Crippen LogP contribution in [0.1, 0.15) is 26.0 Å².